The normalized spacial score (nSPS) is 10.2. The summed E-state index contributed by atoms with van der Waals surface area (Å²) in [6.07, 6.45) is 1.25. The highest BCUT2D eigenvalue weighted by Gasteiger charge is 2.07. The van der Waals surface area contributed by atoms with Gasteiger partial charge < -0.3 is 4.90 Å². The van der Waals surface area contributed by atoms with Crippen molar-refractivity contribution in [1.29, 1.82) is 0 Å². The van der Waals surface area contributed by atoms with Gasteiger partial charge >= 0.3 is 0 Å². The number of nitrogens with zero attached hydrogens (tertiary/aromatic N) is 1. The largest absolute Gasteiger partial charge is 0.306 e. The maximum Gasteiger partial charge on any atom is 0.00838 e. The van der Waals surface area contributed by atoms with E-state index >= 15 is 0 Å². The molecule has 15 heavy (non-hydrogen) atoms. The van der Waals surface area contributed by atoms with Crippen LogP contribution in [-0.2, 0) is 0 Å². The smallest absolute Gasteiger partial charge is 0.00838 e. The van der Waals surface area contributed by atoms with Gasteiger partial charge in [-0.2, -0.15) is 0 Å². The van der Waals surface area contributed by atoms with Gasteiger partial charge in [-0.05, 0) is 26.9 Å². The van der Waals surface area contributed by atoms with Crippen molar-refractivity contribution in [2.24, 2.45) is 5.92 Å². The third-order valence-corrected chi connectivity index (χ3v) is 1.78. The van der Waals surface area contributed by atoms with E-state index in [2.05, 4.69) is 53.6 Å². The Morgan fingerprint density at radius 3 is 1.00 bits per heavy atom. The summed E-state index contributed by atoms with van der Waals surface area (Å²) >= 11 is 0. The fourth-order valence-corrected chi connectivity index (χ4v) is 0.596. The summed E-state index contributed by atoms with van der Waals surface area (Å²) in [6.45, 7) is 19.0. The minimum atomic E-state index is 0.704. The summed E-state index contributed by atoms with van der Waals surface area (Å²) in [5, 5.41) is 0. The lowest BCUT2D eigenvalue weighted by Gasteiger charge is -2.22. The van der Waals surface area contributed by atoms with Crippen molar-refractivity contribution in [3.8, 4) is 0 Å². The third-order valence-electron chi connectivity index (χ3n) is 1.78. The summed E-state index contributed by atoms with van der Waals surface area (Å²) in [5.41, 5.74) is 0. The van der Waals surface area contributed by atoms with Crippen LogP contribution in [-0.4, -0.2) is 25.0 Å². The second-order valence-corrected chi connectivity index (χ2v) is 3.66. The Morgan fingerprint density at radius 1 is 0.800 bits per heavy atom. The fraction of sp³-hybridized carbons (Fsp3) is 1.00. The van der Waals surface area contributed by atoms with Gasteiger partial charge in [-0.25, -0.2) is 0 Å². The second kappa shape index (κ2) is 23.6. The molecule has 0 aromatic carbocycles. The van der Waals surface area contributed by atoms with Crippen LogP contribution in [0.4, 0.5) is 0 Å². The molecule has 0 aliphatic rings. The molecule has 1 unspecified atom stereocenters. The monoisotopic (exact) mass is 219 g/mol. The maximum atomic E-state index is 2.24. The molecule has 0 amide bonds. The minimum absolute atomic E-state index is 0.704. The molecule has 0 aliphatic heterocycles. The van der Waals surface area contributed by atoms with Gasteiger partial charge in [-0.3, -0.25) is 0 Å². The van der Waals surface area contributed by atoms with Crippen molar-refractivity contribution in [2.45, 2.75) is 74.8 Å². The zero-order chi connectivity index (χ0) is 13.4. The van der Waals surface area contributed by atoms with Crippen LogP contribution >= 0.6 is 0 Å². The Bertz CT molecular complexity index is 59.7. The molecule has 0 saturated carbocycles. The first-order valence-corrected chi connectivity index (χ1v) is 6.63. The van der Waals surface area contributed by atoms with Crippen molar-refractivity contribution in [2.75, 3.05) is 14.1 Å². The first kappa shape index (κ1) is 24.3. The predicted molar refractivity (Wildman–Crippen MR) is 76.6 cm³/mol. The summed E-state index contributed by atoms with van der Waals surface area (Å²) in [7, 11) is 4.23. The van der Waals surface area contributed by atoms with Crippen molar-refractivity contribution < 1.29 is 0 Å². The molecular formula is C14H37N. The van der Waals surface area contributed by atoms with Crippen LogP contribution in [0.5, 0.6) is 0 Å². The lowest BCUT2D eigenvalue weighted by atomic mass is 10.1. The van der Waals surface area contributed by atoms with Crippen LogP contribution in [0.25, 0.3) is 0 Å². The topological polar surface area (TPSA) is 3.24 Å². The number of rotatable bonds is 2. The lowest BCUT2D eigenvalue weighted by Crippen LogP contribution is -2.29. The standard InChI is InChI=1S/C7H17N.C3H8.2C2H6/c1-6(2)7(3)8(4)5;1-3-2;2*1-2/h6-7H,1-5H3;3H2,1-2H3;2*1-2H3. The van der Waals surface area contributed by atoms with E-state index in [1.165, 1.54) is 6.42 Å². The quantitative estimate of drug-likeness (QED) is 0.627. The van der Waals surface area contributed by atoms with Crippen LogP contribution in [0.1, 0.15) is 68.7 Å². The predicted octanol–water partition coefficient (Wildman–Crippen LogP) is 5.06. The van der Waals surface area contributed by atoms with E-state index in [0.717, 1.165) is 5.92 Å². The Kier molecular flexibility index (Phi) is 38.2. The zero-order valence-corrected chi connectivity index (χ0v) is 13.3. The molecule has 1 heteroatoms. The molecular weight excluding hydrogens is 182 g/mol. The van der Waals surface area contributed by atoms with Crippen LogP contribution in [0.2, 0.25) is 0 Å². The van der Waals surface area contributed by atoms with Crippen molar-refractivity contribution in [1.82, 2.24) is 4.90 Å². The molecule has 0 aromatic heterocycles. The average molecular weight is 219 g/mol. The highest BCUT2D eigenvalue weighted by molar-refractivity contribution is 4.61. The van der Waals surface area contributed by atoms with E-state index in [1.807, 2.05) is 27.7 Å². The van der Waals surface area contributed by atoms with Crippen LogP contribution in [0.15, 0.2) is 0 Å². The van der Waals surface area contributed by atoms with Crippen molar-refractivity contribution in [3.63, 3.8) is 0 Å². The summed E-state index contributed by atoms with van der Waals surface area (Å²) < 4.78 is 0. The minimum Gasteiger partial charge on any atom is -0.306 e. The summed E-state index contributed by atoms with van der Waals surface area (Å²) in [4.78, 5) is 2.24. The molecule has 0 bridgehead atoms. The Labute approximate surface area is 100 Å². The first-order valence-electron chi connectivity index (χ1n) is 6.63. The van der Waals surface area contributed by atoms with Crippen LogP contribution in [0.3, 0.4) is 0 Å². The van der Waals surface area contributed by atoms with Gasteiger partial charge in [-0.1, -0.05) is 61.8 Å². The van der Waals surface area contributed by atoms with E-state index < -0.39 is 0 Å². The Hall–Kier alpha value is -0.0400. The van der Waals surface area contributed by atoms with Gasteiger partial charge in [0.2, 0.25) is 0 Å². The van der Waals surface area contributed by atoms with Crippen molar-refractivity contribution in [3.05, 3.63) is 0 Å². The molecule has 0 saturated heterocycles. The van der Waals surface area contributed by atoms with Crippen molar-refractivity contribution >= 4 is 0 Å². The van der Waals surface area contributed by atoms with Gasteiger partial charge in [0, 0.05) is 6.04 Å². The van der Waals surface area contributed by atoms with E-state index in [4.69, 9.17) is 0 Å². The molecule has 1 nitrogen and oxygen atoms in total. The molecule has 0 heterocycles. The lowest BCUT2D eigenvalue weighted by molar-refractivity contribution is 0.251. The number of hydrogen-bond acceptors (Lipinski definition) is 1. The molecule has 98 valence electrons. The molecule has 0 fully saturated rings. The molecule has 0 aliphatic carbocycles. The maximum absolute atomic E-state index is 2.24. The fourth-order valence-electron chi connectivity index (χ4n) is 0.596. The van der Waals surface area contributed by atoms with E-state index in [9.17, 15) is 0 Å². The Balaban J connectivity index is -0.0000000726. The highest BCUT2D eigenvalue weighted by atomic mass is 15.1. The molecule has 0 radical (unpaired) electrons. The summed E-state index contributed by atoms with van der Waals surface area (Å²) in [6, 6.07) is 0.704. The van der Waals surface area contributed by atoms with E-state index in [-0.39, 0.29) is 0 Å². The molecule has 1 atom stereocenters. The third kappa shape index (κ3) is 31.5. The van der Waals surface area contributed by atoms with Gasteiger partial charge in [0.05, 0.1) is 0 Å². The molecule has 0 aromatic rings. The summed E-state index contributed by atoms with van der Waals surface area (Å²) in [5.74, 6) is 0.769. The first-order chi connectivity index (χ1) is 6.97. The number of hydrogen-bond donors (Lipinski definition) is 0. The van der Waals surface area contributed by atoms with Crippen LogP contribution in [0, 0.1) is 5.92 Å². The molecule has 0 spiro atoms. The SMILES string of the molecule is CC.CC.CC(C)C(C)N(C)C.CCC. The van der Waals surface area contributed by atoms with Crippen LogP contribution < -0.4 is 0 Å². The van der Waals surface area contributed by atoms with Gasteiger partial charge in [0.15, 0.2) is 0 Å². The average Bonchev–Trinajstić information content (AvgIpc) is 2.23. The highest BCUT2D eigenvalue weighted by Crippen LogP contribution is 2.04. The van der Waals surface area contributed by atoms with E-state index in [1.54, 1.807) is 0 Å². The van der Waals surface area contributed by atoms with E-state index in [0.29, 0.717) is 6.04 Å². The molecule has 0 rings (SSSR count). The van der Waals surface area contributed by atoms with Gasteiger partial charge in [-0.15, -0.1) is 0 Å². The zero-order valence-electron chi connectivity index (χ0n) is 13.3. The van der Waals surface area contributed by atoms with Gasteiger partial charge in [0.25, 0.3) is 0 Å². The second-order valence-electron chi connectivity index (χ2n) is 3.66. The Morgan fingerprint density at radius 2 is 1.00 bits per heavy atom. The van der Waals surface area contributed by atoms with Gasteiger partial charge in [0.1, 0.15) is 0 Å². The molecule has 0 N–H and O–H groups in total.